The summed E-state index contributed by atoms with van der Waals surface area (Å²) < 4.78 is 7.06. The van der Waals surface area contributed by atoms with Crippen LogP contribution in [0.25, 0.3) is 65.8 Å². The van der Waals surface area contributed by atoms with Crippen LogP contribution in [-0.2, 0) is 45.3 Å². The lowest BCUT2D eigenvalue weighted by atomic mass is 10.0. The Balaban J connectivity index is 0.000000232. The molecule has 0 radical (unpaired) electrons. The van der Waals surface area contributed by atoms with Gasteiger partial charge >= 0.3 is 0 Å². The van der Waals surface area contributed by atoms with Crippen LogP contribution in [0.3, 0.4) is 0 Å². The molecule has 12 aromatic rings. The summed E-state index contributed by atoms with van der Waals surface area (Å²) in [6.45, 7) is 6.91. The summed E-state index contributed by atoms with van der Waals surface area (Å²) in [6, 6.07) is 57.1. The Kier molecular flexibility index (Phi) is 14.8. The monoisotopic (exact) mass is 991 g/mol. The Bertz CT molecular complexity index is 3670. The van der Waals surface area contributed by atoms with Crippen molar-refractivity contribution in [3.8, 4) is 0 Å². The van der Waals surface area contributed by atoms with Crippen molar-refractivity contribution in [3.63, 3.8) is 0 Å². The molecule has 12 rings (SSSR count). The quantitative estimate of drug-likeness (QED) is 0.0628. The molecular formula is C64H62ClN9. The lowest BCUT2D eigenvalue weighted by Crippen LogP contribution is -2.06. The molecule has 0 aliphatic carbocycles. The largest absolute Gasteiger partial charge is 0.325 e. The molecule has 6 aromatic heterocycles. The first-order chi connectivity index (χ1) is 36.5. The Labute approximate surface area is 438 Å². The SMILES string of the molecule is CCCCc1nc2c(CCCCCc3nc4ccccc4c4c3nc(CCCC)n4Cc3ccccc3)nc3ccccc3c2n1Cc1ccccc1.Clc1nc2ccccc2c2c1ncn2Cc1ccccc1. The molecule has 0 fully saturated rings. The van der Waals surface area contributed by atoms with Gasteiger partial charge in [0.1, 0.15) is 28.2 Å². The zero-order valence-corrected chi connectivity index (χ0v) is 43.2. The fraction of sp³-hybridized carbons (Fsp3) is 0.250. The number of pyridine rings is 3. The molecule has 0 saturated heterocycles. The maximum absolute atomic E-state index is 6.27. The minimum absolute atomic E-state index is 0.454. The number of rotatable bonds is 18. The van der Waals surface area contributed by atoms with Gasteiger partial charge in [0.25, 0.3) is 0 Å². The van der Waals surface area contributed by atoms with E-state index in [-0.39, 0.29) is 0 Å². The molecule has 74 heavy (non-hydrogen) atoms. The first-order valence-corrected chi connectivity index (χ1v) is 27.0. The zero-order valence-electron chi connectivity index (χ0n) is 42.5. The third kappa shape index (κ3) is 10.3. The number of aromatic nitrogens is 9. The van der Waals surface area contributed by atoms with Crippen molar-refractivity contribution in [2.75, 3.05) is 0 Å². The van der Waals surface area contributed by atoms with Gasteiger partial charge in [-0.25, -0.2) is 19.9 Å². The molecule has 6 aromatic carbocycles. The van der Waals surface area contributed by atoms with E-state index in [1.807, 2.05) is 42.7 Å². The summed E-state index contributed by atoms with van der Waals surface area (Å²) >= 11 is 6.27. The summed E-state index contributed by atoms with van der Waals surface area (Å²) in [5.74, 6) is 2.34. The molecule has 0 spiro atoms. The van der Waals surface area contributed by atoms with E-state index < -0.39 is 0 Å². The molecule has 0 atom stereocenters. The molecule has 0 saturated carbocycles. The minimum Gasteiger partial charge on any atom is -0.325 e. The van der Waals surface area contributed by atoms with Crippen LogP contribution in [0.5, 0.6) is 0 Å². The molecular weight excluding hydrogens is 930 g/mol. The maximum Gasteiger partial charge on any atom is 0.157 e. The lowest BCUT2D eigenvalue weighted by molar-refractivity contribution is 0.669. The van der Waals surface area contributed by atoms with Gasteiger partial charge in [-0.3, -0.25) is 9.97 Å². The van der Waals surface area contributed by atoms with E-state index in [2.05, 4.69) is 165 Å². The Hall–Kier alpha value is -7.75. The van der Waals surface area contributed by atoms with Crippen molar-refractivity contribution in [1.29, 1.82) is 0 Å². The highest BCUT2D eigenvalue weighted by Gasteiger charge is 2.21. The van der Waals surface area contributed by atoms with E-state index in [0.717, 1.165) is 146 Å². The van der Waals surface area contributed by atoms with Gasteiger partial charge in [-0.1, -0.05) is 190 Å². The number of benzene rings is 6. The van der Waals surface area contributed by atoms with Gasteiger partial charge in [0, 0.05) is 48.6 Å². The van der Waals surface area contributed by atoms with Crippen LogP contribution in [0.1, 0.15) is 98.5 Å². The van der Waals surface area contributed by atoms with Crippen molar-refractivity contribution >= 4 is 77.4 Å². The van der Waals surface area contributed by atoms with E-state index in [0.29, 0.717) is 5.15 Å². The Morgan fingerprint density at radius 3 is 1.24 bits per heavy atom. The van der Waals surface area contributed by atoms with Gasteiger partial charge in [0.05, 0.1) is 50.8 Å². The van der Waals surface area contributed by atoms with E-state index in [1.165, 1.54) is 50.1 Å². The molecule has 0 amide bonds. The molecule has 0 N–H and O–H groups in total. The van der Waals surface area contributed by atoms with Gasteiger partial charge < -0.3 is 13.7 Å². The van der Waals surface area contributed by atoms with E-state index in [4.69, 9.17) is 31.5 Å². The van der Waals surface area contributed by atoms with Crippen LogP contribution in [0.2, 0.25) is 5.15 Å². The molecule has 9 nitrogen and oxygen atoms in total. The molecule has 0 aliphatic heterocycles. The average molecular weight is 993 g/mol. The first kappa shape index (κ1) is 48.5. The molecule has 370 valence electrons. The molecule has 6 heterocycles. The number of para-hydroxylation sites is 3. The summed E-state index contributed by atoms with van der Waals surface area (Å²) in [6.07, 6.45) is 13.3. The number of imidazole rings is 3. The molecule has 0 unspecified atom stereocenters. The summed E-state index contributed by atoms with van der Waals surface area (Å²) in [7, 11) is 0. The van der Waals surface area contributed by atoms with Crippen molar-refractivity contribution < 1.29 is 0 Å². The van der Waals surface area contributed by atoms with E-state index in [1.54, 1.807) is 0 Å². The zero-order chi connectivity index (χ0) is 50.2. The fourth-order valence-electron chi connectivity index (χ4n) is 10.6. The fourth-order valence-corrected chi connectivity index (χ4v) is 10.8. The second-order valence-corrected chi connectivity index (χ2v) is 19.8. The van der Waals surface area contributed by atoms with Gasteiger partial charge in [0.15, 0.2) is 5.15 Å². The van der Waals surface area contributed by atoms with Gasteiger partial charge in [-0.15, -0.1) is 0 Å². The van der Waals surface area contributed by atoms with Crippen LogP contribution in [0, 0.1) is 0 Å². The normalized spacial score (nSPS) is 11.7. The number of hydrogen-bond donors (Lipinski definition) is 0. The van der Waals surface area contributed by atoms with Crippen molar-refractivity contribution in [3.05, 3.63) is 215 Å². The summed E-state index contributed by atoms with van der Waals surface area (Å²) in [4.78, 5) is 30.0. The molecule has 0 aliphatic rings. The van der Waals surface area contributed by atoms with E-state index >= 15 is 0 Å². The van der Waals surface area contributed by atoms with Crippen molar-refractivity contribution in [2.24, 2.45) is 0 Å². The van der Waals surface area contributed by atoms with Gasteiger partial charge in [-0.2, -0.15) is 0 Å². The smallest absolute Gasteiger partial charge is 0.157 e. The molecule has 0 bridgehead atoms. The van der Waals surface area contributed by atoms with Crippen LogP contribution >= 0.6 is 11.6 Å². The van der Waals surface area contributed by atoms with Gasteiger partial charge in [-0.05, 0) is 73.4 Å². The predicted octanol–water partition coefficient (Wildman–Crippen LogP) is 15.5. The summed E-state index contributed by atoms with van der Waals surface area (Å²) in [5, 5.41) is 3.91. The van der Waals surface area contributed by atoms with Crippen LogP contribution in [-0.4, -0.2) is 43.6 Å². The standard InChI is InChI=1S/C47H50N6.C17H12ClN3/c1-3-5-30-42-50-44-40(48-38-26-18-16-24-36(38)46(44)52(42)32-34-20-10-7-11-21-34)28-14-9-15-29-41-45-47(37-25-17-19-27-39(37)49-41)53(43(51-45)31-6-4-2)33-35-22-12-8-13-23-35;18-17-15-16(13-8-4-5-9-14(13)20-17)21(11-19-15)10-12-6-2-1-3-7-12/h7-8,10-13,16-27H,3-6,9,14-15,28-33H2,1-2H3;1-9,11H,10H2. The third-order valence-corrected chi connectivity index (χ3v) is 14.5. The van der Waals surface area contributed by atoms with Crippen LogP contribution in [0.15, 0.2) is 170 Å². The first-order valence-electron chi connectivity index (χ1n) is 26.6. The number of unbranched alkanes of at least 4 members (excludes halogenated alkanes) is 4. The number of hydrogen-bond acceptors (Lipinski definition) is 6. The molecule has 10 heteroatoms. The minimum atomic E-state index is 0.454. The third-order valence-electron chi connectivity index (χ3n) is 14.3. The average Bonchev–Trinajstić information content (AvgIpc) is 4.15. The highest BCUT2D eigenvalue weighted by Crippen LogP contribution is 2.33. The number of fused-ring (bicyclic) bond motifs is 9. The Morgan fingerprint density at radius 1 is 0.378 bits per heavy atom. The number of halogens is 1. The van der Waals surface area contributed by atoms with Crippen molar-refractivity contribution in [1.82, 2.24) is 43.6 Å². The summed E-state index contributed by atoms with van der Waals surface area (Å²) in [5.41, 5.74) is 15.5. The van der Waals surface area contributed by atoms with Crippen LogP contribution < -0.4 is 0 Å². The number of aryl methyl sites for hydroxylation is 4. The maximum atomic E-state index is 6.27. The van der Waals surface area contributed by atoms with Crippen molar-refractivity contribution in [2.45, 2.75) is 104 Å². The second kappa shape index (κ2) is 22.6. The Morgan fingerprint density at radius 2 is 0.784 bits per heavy atom. The number of nitrogens with zero attached hydrogens (tertiary/aromatic N) is 9. The highest BCUT2D eigenvalue weighted by atomic mass is 35.5. The highest BCUT2D eigenvalue weighted by molar-refractivity contribution is 6.35. The lowest BCUT2D eigenvalue weighted by Gasteiger charge is -2.12. The predicted molar refractivity (Wildman–Crippen MR) is 305 cm³/mol. The second-order valence-electron chi connectivity index (χ2n) is 19.5. The van der Waals surface area contributed by atoms with Gasteiger partial charge in [0.2, 0.25) is 0 Å². The van der Waals surface area contributed by atoms with E-state index in [9.17, 15) is 0 Å². The topological polar surface area (TPSA) is 92.1 Å². The van der Waals surface area contributed by atoms with Crippen LogP contribution in [0.4, 0.5) is 0 Å².